The summed E-state index contributed by atoms with van der Waals surface area (Å²) < 4.78 is 5.51. The number of nitrogens with one attached hydrogen (secondary N) is 1. The van der Waals surface area contributed by atoms with Crippen LogP contribution < -0.4 is 10.1 Å². The zero-order valence-corrected chi connectivity index (χ0v) is 11.9. The van der Waals surface area contributed by atoms with Gasteiger partial charge in [0.05, 0.1) is 12.8 Å². The molecule has 1 unspecified atom stereocenters. The van der Waals surface area contributed by atoms with Gasteiger partial charge in [-0.1, -0.05) is 33.1 Å². The number of aromatic nitrogens is 1. The highest BCUT2D eigenvalue weighted by Gasteiger charge is 2.11. The number of hydrogen-bond donors (Lipinski definition) is 1. The summed E-state index contributed by atoms with van der Waals surface area (Å²) in [5.41, 5.74) is 1.24. The van der Waals surface area contributed by atoms with Crippen LogP contribution >= 0.6 is 0 Å². The molecule has 0 aliphatic rings. The van der Waals surface area contributed by atoms with Crippen molar-refractivity contribution in [2.24, 2.45) is 0 Å². The second-order valence-electron chi connectivity index (χ2n) is 4.49. The average Bonchev–Trinajstić information content (AvgIpc) is 2.39. The van der Waals surface area contributed by atoms with E-state index in [9.17, 15) is 0 Å². The van der Waals surface area contributed by atoms with Crippen LogP contribution in [0, 0.1) is 0 Å². The smallest absolute Gasteiger partial charge is 0.137 e. The van der Waals surface area contributed by atoms with E-state index in [4.69, 9.17) is 4.74 Å². The van der Waals surface area contributed by atoms with Crippen molar-refractivity contribution in [3.8, 4) is 5.75 Å². The Labute approximate surface area is 111 Å². The molecule has 3 heteroatoms. The number of nitrogens with zero attached hydrogens (tertiary/aromatic N) is 1. The molecule has 0 saturated heterocycles. The number of hydrogen-bond acceptors (Lipinski definition) is 3. The fourth-order valence-corrected chi connectivity index (χ4v) is 2.10. The first-order chi connectivity index (χ1) is 8.81. The van der Waals surface area contributed by atoms with Crippen molar-refractivity contribution in [1.82, 2.24) is 10.3 Å². The summed E-state index contributed by atoms with van der Waals surface area (Å²) in [6.45, 7) is 8.05. The lowest BCUT2D eigenvalue weighted by Gasteiger charge is -2.18. The highest BCUT2D eigenvalue weighted by Crippen LogP contribution is 2.22. The van der Waals surface area contributed by atoms with Crippen LogP contribution in [0.5, 0.6) is 5.75 Å². The Bertz CT molecular complexity index is 328. The van der Waals surface area contributed by atoms with Gasteiger partial charge >= 0.3 is 0 Å². The molecule has 0 saturated carbocycles. The molecule has 1 aromatic rings. The van der Waals surface area contributed by atoms with E-state index in [0.717, 1.165) is 12.3 Å². The van der Waals surface area contributed by atoms with Gasteiger partial charge in [-0.15, -0.1) is 0 Å². The minimum Gasteiger partial charge on any atom is -0.492 e. The predicted molar refractivity (Wildman–Crippen MR) is 76.0 cm³/mol. The first-order valence-corrected chi connectivity index (χ1v) is 7.12. The van der Waals surface area contributed by atoms with E-state index >= 15 is 0 Å². The summed E-state index contributed by atoms with van der Waals surface area (Å²) in [6.07, 6.45) is 8.70. The van der Waals surface area contributed by atoms with Crippen LogP contribution in [-0.4, -0.2) is 18.1 Å². The largest absolute Gasteiger partial charge is 0.492 e. The number of ether oxygens (including phenoxy) is 1. The quantitative estimate of drug-likeness (QED) is 0.678. The van der Waals surface area contributed by atoms with Gasteiger partial charge in [0.1, 0.15) is 5.75 Å². The molecule has 3 nitrogen and oxygen atoms in total. The van der Waals surface area contributed by atoms with Crippen LogP contribution in [0.25, 0.3) is 0 Å². The molecule has 0 aliphatic carbocycles. The standard InChI is InChI=1S/C15H26N2O/c1-4-7-8-9-15(17-5-2)13-10-14(18-6-3)12-16-11-13/h10-12,15,17H,4-9H2,1-3H3. The Morgan fingerprint density at radius 1 is 1.22 bits per heavy atom. The zero-order valence-electron chi connectivity index (χ0n) is 11.9. The van der Waals surface area contributed by atoms with Crippen LogP contribution in [0.3, 0.4) is 0 Å². The van der Waals surface area contributed by atoms with Gasteiger partial charge in [-0.05, 0) is 31.5 Å². The second kappa shape index (κ2) is 8.92. The summed E-state index contributed by atoms with van der Waals surface area (Å²) in [7, 11) is 0. The maximum Gasteiger partial charge on any atom is 0.137 e. The van der Waals surface area contributed by atoms with Gasteiger partial charge in [-0.2, -0.15) is 0 Å². The van der Waals surface area contributed by atoms with Crippen LogP contribution in [0.15, 0.2) is 18.5 Å². The van der Waals surface area contributed by atoms with E-state index < -0.39 is 0 Å². The van der Waals surface area contributed by atoms with Crippen molar-refractivity contribution >= 4 is 0 Å². The molecule has 0 bridgehead atoms. The molecule has 0 aromatic carbocycles. The Hall–Kier alpha value is -1.09. The molecule has 1 atom stereocenters. The van der Waals surface area contributed by atoms with Gasteiger partial charge in [0.15, 0.2) is 0 Å². The third-order valence-corrected chi connectivity index (χ3v) is 2.99. The van der Waals surface area contributed by atoms with Gasteiger partial charge in [-0.25, -0.2) is 0 Å². The Morgan fingerprint density at radius 2 is 2.06 bits per heavy atom. The summed E-state index contributed by atoms with van der Waals surface area (Å²) in [5, 5.41) is 3.53. The van der Waals surface area contributed by atoms with Crippen LogP contribution in [-0.2, 0) is 0 Å². The highest BCUT2D eigenvalue weighted by atomic mass is 16.5. The summed E-state index contributed by atoms with van der Waals surface area (Å²) in [5.74, 6) is 0.869. The lowest BCUT2D eigenvalue weighted by Crippen LogP contribution is -2.21. The molecule has 0 spiro atoms. The highest BCUT2D eigenvalue weighted by molar-refractivity contribution is 5.26. The maximum atomic E-state index is 5.51. The third-order valence-electron chi connectivity index (χ3n) is 2.99. The molecular formula is C15H26N2O. The van der Waals surface area contributed by atoms with Crippen molar-refractivity contribution < 1.29 is 4.74 Å². The molecule has 102 valence electrons. The van der Waals surface area contributed by atoms with Crippen molar-refractivity contribution in [3.63, 3.8) is 0 Å². The predicted octanol–water partition coefficient (Wildman–Crippen LogP) is 3.71. The lowest BCUT2D eigenvalue weighted by molar-refractivity contribution is 0.337. The van der Waals surface area contributed by atoms with E-state index in [0.29, 0.717) is 12.6 Å². The first-order valence-electron chi connectivity index (χ1n) is 7.12. The van der Waals surface area contributed by atoms with Gasteiger partial charge in [0.2, 0.25) is 0 Å². The minimum atomic E-state index is 0.398. The topological polar surface area (TPSA) is 34.2 Å². The molecule has 0 fully saturated rings. The monoisotopic (exact) mass is 250 g/mol. The fraction of sp³-hybridized carbons (Fsp3) is 0.667. The molecule has 1 aromatic heterocycles. The summed E-state index contributed by atoms with van der Waals surface area (Å²) >= 11 is 0. The lowest BCUT2D eigenvalue weighted by atomic mass is 10.0. The molecule has 1 heterocycles. The van der Waals surface area contributed by atoms with E-state index in [-0.39, 0.29) is 0 Å². The van der Waals surface area contributed by atoms with Gasteiger partial charge in [0, 0.05) is 12.2 Å². The second-order valence-corrected chi connectivity index (χ2v) is 4.49. The minimum absolute atomic E-state index is 0.398. The van der Waals surface area contributed by atoms with Crippen LogP contribution in [0.1, 0.15) is 58.1 Å². The van der Waals surface area contributed by atoms with E-state index in [2.05, 4.69) is 30.2 Å². The van der Waals surface area contributed by atoms with E-state index in [1.807, 2.05) is 13.1 Å². The van der Waals surface area contributed by atoms with Gasteiger partial charge in [0.25, 0.3) is 0 Å². The van der Waals surface area contributed by atoms with E-state index in [1.54, 1.807) is 6.20 Å². The van der Waals surface area contributed by atoms with Crippen molar-refractivity contribution in [3.05, 3.63) is 24.0 Å². The maximum absolute atomic E-state index is 5.51. The molecule has 0 radical (unpaired) electrons. The van der Waals surface area contributed by atoms with Crippen molar-refractivity contribution in [2.45, 2.75) is 52.5 Å². The third kappa shape index (κ3) is 5.05. The number of pyridine rings is 1. The SMILES string of the molecule is CCCCCC(NCC)c1cncc(OCC)c1. The molecule has 18 heavy (non-hydrogen) atoms. The average molecular weight is 250 g/mol. The Kier molecular flexibility index (Phi) is 7.42. The molecule has 0 amide bonds. The molecule has 0 aliphatic heterocycles. The van der Waals surface area contributed by atoms with Gasteiger partial charge in [-0.3, -0.25) is 4.98 Å². The number of unbranched alkanes of at least 4 members (excludes halogenated alkanes) is 2. The summed E-state index contributed by atoms with van der Waals surface area (Å²) in [6, 6.07) is 2.50. The molecule has 1 N–H and O–H groups in total. The fourth-order valence-electron chi connectivity index (χ4n) is 2.10. The number of rotatable bonds is 9. The summed E-state index contributed by atoms with van der Waals surface area (Å²) in [4.78, 5) is 4.27. The molecule has 1 rings (SSSR count). The Balaban J connectivity index is 2.67. The normalized spacial score (nSPS) is 12.4. The first kappa shape index (κ1) is 15.0. The zero-order chi connectivity index (χ0) is 13.2. The van der Waals surface area contributed by atoms with Crippen LogP contribution in [0.2, 0.25) is 0 Å². The van der Waals surface area contributed by atoms with E-state index in [1.165, 1.54) is 31.2 Å². The molecular weight excluding hydrogens is 224 g/mol. The van der Waals surface area contributed by atoms with Crippen LogP contribution in [0.4, 0.5) is 0 Å². The van der Waals surface area contributed by atoms with Crippen molar-refractivity contribution in [2.75, 3.05) is 13.2 Å². The Morgan fingerprint density at radius 3 is 2.72 bits per heavy atom. The van der Waals surface area contributed by atoms with Crippen molar-refractivity contribution in [1.29, 1.82) is 0 Å². The van der Waals surface area contributed by atoms with Gasteiger partial charge < -0.3 is 10.1 Å².